The summed E-state index contributed by atoms with van der Waals surface area (Å²) in [5.74, 6) is 0.960. The molecule has 5 nitrogen and oxygen atoms in total. The lowest BCUT2D eigenvalue weighted by molar-refractivity contribution is -0.111. The summed E-state index contributed by atoms with van der Waals surface area (Å²) in [6.45, 7) is 7.89. The molecule has 0 bridgehead atoms. The van der Waals surface area contributed by atoms with Gasteiger partial charge in [-0.05, 0) is 56.5 Å². The molecule has 0 aliphatic carbocycles. The van der Waals surface area contributed by atoms with E-state index in [4.69, 9.17) is 9.15 Å². The van der Waals surface area contributed by atoms with Crippen molar-refractivity contribution in [2.75, 3.05) is 12.4 Å². The lowest BCUT2D eigenvalue weighted by Gasteiger charge is -2.13. The van der Waals surface area contributed by atoms with E-state index in [2.05, 4.69) is 41.5 Å². The molecule has 5 heteroatoms. The number of methoxy groups -OCH3 is 1. The molecule has 1 amide bonds. The highest BCUT2D eigenvalue weighted by molar-refractivity contribution is 6.05. The van der Waals surface area contributed by atoms with E-state index < -0.39 is 0 Å². The fraction of sp³-hybridized carbons (Fsp3) is 0.185. The largest absolute Gasteiger partial charge is 0.496 e. The number of nitrogens with zero attached hydrogens (tertiary/aromatic N) is 1. The van der Waals surface area contributed by atoms with Crippen LogP contribution >= 0.6 is 0 Å². The number of aryl methyl sites for hydroxylation is 3. The fourth-order valence-electron chi connectivity index (χ4n) is 3.81. The minimum absolute atomic E-state index is 0.246. The molecule has 0 unspecified atom stereocenters. The number of pyridine rings is 1. The third-order valence-corrected chi connectivity index (χ3v) is 5.55. The standard InChI is InChI=1S/C27H26N2O3/c1-16-6-9-20(10-7-16)23-15-32-27-19(4)26(31-5)21(13-22(23)27)18(3)12-25(30)29-24-11-8-17(2)14-28-24/h6-15H,1-5H3,(H,28,29,30)/b18-12+. The van der Waals surface area contributed by atoms with Gasteiger partial charge in [-0.2, -0.15) is 0 Å². The summed E-state index contributed by atoms with van der Waals surface area (Å²) >= 11 is 0. The van der Waals surface area contributed by atoms with Gasteiger partial charge in [-0.25, -0.2) is 4.98 Å². The summed E-state index contributed by atoms with van der Waals surface area (Å²) in [7, 11) is 1.63. The summed E-state index contributed by atoms with van der Waals surface area (Å²) in [4.78, 5) is 16.8. The molecular weight excluding hydrogens is 400 g/mol. The Labute approximate surface area is 187 Å². The molecule has 2 heterocycles. The first-order valence-electron chi connectivity index (χ1n) is 10.5. The first-order chi connectivity index (χ1) is 15.4. The monoisotopic (exact) mass is 426 g/mol. The van der Waals surface area contributed by atoms with Crippen LogP contribution in [0.4, 0.5) is 5.82 Å². The number of hydrogen-bond donors (Lipinski definition) is 1. The van der Waals surface area contributed by atoms with Gasteiger partial charge in [0.05, 0.1) is 13.4 Å². The lowest BCUT2D eigenvalue weighted by atomic mass is 9.96. The molecule has 0 aliphatic heterocycles. The van der Waals surface area contributed by atoms with Gasteiger partial charge in [0.2, 0.25) is 5.91 Å². The van der Waals surface area contributed by atoms with Gasteiger partial charge in [0.1, 0.15) is 17.2 Å². The van der Waals surface area contributed by atoms with Crippen LogP contribution in [-0.2, 0) is 4.79 Å². The van der Waals surface area contributed by atoms with Crippen LogP contribution in [0.2, 0.25) is 0 Å². The van der Waals surface area contributed by atoms with Crippen molar-refractivity contribution in [3.63, 3.8) is 0 Å². The van der Waals surface area contributed by atoms with Crippen LogP contribution in [0.1, 0.15) is 29.2 Å². The predicted octanol–water partition coefficient (Wildman–Crippen LogP) is 6.47. The molecule has 32 heavy (non-hydrogen) atoms. The second-order valence-electron chi connectivity index (χ2n) is 8.01. The van der Waals surface area contributed by atoms with Crippen molar-refractivity contribution in [1.29, 1.82) is 0 Å². The van der Waals surface area contributed by atoms with Gasteiger partial charge in [0, 0.05) is 34.3 Å². The molecule has 0 saturated heterocycles. The Morgan fingerprint density at radius 1 is 1.06 bits per heavy atom. The summed E-state index contributed by atoms with van der Waals surface area (Å²) in [6, 6.07) is 14.1. The third-order valence-electron chi connectivity index (χ3n) is 5.55. The van der Waals surface area contributed by atoms with Crippen LogP contribution in [0.15, 0.2) is 65.4 Å². The molecular formula is C27H26N2O3. The SMILES string of the molecule is COc1c(/C(C)=C/C(=O)Nc2ccc(C)cn2)cc2c(-c3ccc(C)cc3)coc2c1C. The molecule has 4 aromatic rings. The number of aromatic nitrogens is 1. The zero-order chi connectivity index (χ0) is 22.8. The number of carbonyl (C=O) groups excluding carboxylic acids is 1. The molecule has 0 spiro atoms. The summed E-state index contributed by atoms with van der Waals surface area (Å²) in [6.07, 6.45) is 5.06. The Kier molecular flexibility index (Phi) is 5.82. The van der Waals surface area contributed by atoms with E-state index in [-0.39, 0.29) is 5.91 Å². The van der Waals surface area contributed by atoms with Gasteiger partial charge in [-0.1, -0.05) is 35.9 Å². The highest BCUT2D eigenvalue weighted by atomic mass is 16.5. The van der Waals surface area contributed by atoms with Crippen molar-refractivity contribution in [3.05, 3.63) is 83.3 Å². The quantitative estimate of drug-likeness (QED) is 0.371. The van der Waals surface area contributed by atoms with E-state index in [9.17, 15) is 4.79 Å². The normalized spacial score (nSPS) is 11.6. The van der Waals surface area contributed by atoms with Crippen LogP contribution in [0.3, 0.4) is 0 Å². The Morgan fingerprint density at radius 2 is 1.78 bits per heavy atom. The van der Waals surface area contributed by atoms with E-state index in [0.29, 0.717) is 11.6 Å². The number of amides is 1. The maximum absolute atomic E-state index is 12.6. The second kappa shape index (κ2) is 8.71. The van der Waals surface area contributed by atoms with Crippen molar-refractivity contribution in [2.45, 2.75) is 27.7 Å². The van der Waals surface area contributed by atoms with Gasteiger partial charge in [-0.15, -0.1) is 0 Å². The minimum Gasteiger partial charge on any atom is -0.496 e. The summed E-state index contributed by atoms with van der Waals surface area (Å²) in [5, 5.41) is 3.79. The number of benzene rings is 2. The van der Waals surface area contributed by atoms with Gasteiger partial charge in [-0.3, -0.25) is 4.79 Å². The number of nitrogens with one attached hydrogen (secondary N) is 1. The summed E-state index contributed by atoms with van der Waals surface area (Å²) < 4.78 is 11.6. The van der Waals surface area contributed by atoms with Gasteiger partial charge in [0.25, 0.3) is 0 Å². The van der Waals surface area contributed by atoms with Crippen LogP contribution in [0, 0.1) is 20.8 Å². The molecule has 1 N–H and O–H groups in total. The van der Waals surface area contributed by atoms with Crippen LogP contribution in [-0.4, -0.2) is 18.0 Å². The first kappa shape index (κ1) is 21.4. The van der Waals surface area contributed by atoms with Gasteiger partial charge >= 0.3 is 0 Å². The maximum atomic E-state index is 12.6. The van der Waals surface area contributed by atoms with Gasteiger partial charge in [0.15, 0.2) is 0 Å². The summed E-state index contributed by atoms with van der Waals surface area (Å²) in [5.41, 5.74) is 7.63. The maximum Gasteiger partial charge on any atom is 0.249 e. The predicted molar refractivity (Wildman–Crippen MR) is 129 cm³/mol. The van der Waals surface area contributed by atoms with Crippen molar-refractivity contribution in [1.82, 2.24) is 4.98 Å². The Bertz CT molecular complexity index is 1310. The highest BCUT2D eigenvalue weighted by Gasteiger charge is 2.18. The number of fused-ring (bicyclic) bond motifs is 1. The average molecular weight is 427 g/mol. The van der Waals surface area contributed by atoms with Crippen molar-refractivity contribution in [3.8, 4) is 16.9 Å². The number of furan rings is 1. The van der Waals surface area contributed by atoms with Crippen molar-refractivity contribution in [2.24, 2.45) is 0 Å². The minimum atomic E-state index is -0.246. The fourth-order valence-corrected chi connectivity index (χ4v) is 3.81. The van der Waals surface area contributed by atoms with E-state index in [0.717, 1.165) is 44.4 Å². The Morgan fingerprint density at radius 3 is 2.44 bits per heavy atom. The van der Waals surface area contributed by atoms with E-state index in [1.54, 1.807) is 31.7 Å². The average Bonchev–Trinajstić information content (AvgIpc) is 3.20. The van der Waals surface area contributed by atoms with Crippen LogP contribution in [0.5, 0.6) is 5.75 Å². The number of hydrogen-bond acceptors (Lipinski definition) is 4. The smallest absolute Gasteiger partial charge is 0.249 e. The Balaban J connectivity index is 1.75. The number of ether oxygens (including phenoxy) is 1. The zero-order valence-corrected chi connectivity index (χ0v) is 18.9. The molecule has 0 atom stereocenters. The number of allylic oxidation sites excluding steroid dienone is 1. The molecule has 0 aliphatic rings. The van der Waals surface area contributed by atoms with Crippen LogP contribution < -0.4 is 10.1 Å². The number of carbonyl (C=O) groups is 1. The van der Waals surface area contributed by atoms with Crippen molar-refractivity contribution >= 4 is 28.3 Å². The molecule has 2 aromatic carbocycles. The lowest BCUT2D eigenvalue weighted by Crippen LogP contribution is -2.10. The van der Waals surface area contributed by atoms with E-state index >= 15 is 0 Å². The Hall–Kier alpha value is -3.86. The molecule has 0 saturated carbocycles. The molecule has 0 radical (unpaired) electrons. The van der Waals surface area contributed by atoms with Crippen molar-refractivity contribution < 1.29 is 13.9 Å². The number of anilines is 1. The topological polar surface area (TPSA) is 64.4 Å². The zero-order valence-electron chi connectivity index (χ0n) is 18.9. The third kappa shape index (κ3) is 4.14. The van der Waals surface area contributed by atoms with Gasteiger partial charge < -0.3 is 14.5 Å². The molecule has 4 rings (SSSR count). The van der Waals surface area contributed by atoms with E-state index in [1.807, 2.05) is 32.9 Å². The van der Waals surface area contributed by atoms with Crippen LogP contribution in [0.25, 0.3) is 27.7 Å². The second-order valence-corrected chi connectivity index (χ2v) is 8.01. The highest BCUT2D eigenvalue weighted by Crippen LogP contribution is 2.40. The molecule has 0 fully saturated rings. The number of rotatable bonds is 5. The van der Waals surface area contributed by atoms with E-state index in [1.165, 1.54) is 5.56 Å². The molecule has 2 aromatic heterocycles. The molecule has 162 valence electrons. The first-order valence-corrected chi connectivity index (χ1v) is 10.5.